The summed E-state index contributed by atoms with van der Waals surface area (Å²) < 4.78 is 13.6. The summed E-state index contributed by atoms with van der Waals surface area (Å²) in [5.41, 5.74) is 0.626. The molecule has 4 heteroatoms. The number of nitrogens with one attached hydrogen (secondary N) is 1. The van der Waals surface area contributed by atoms with Crippen molar-refractivity contribution in [2.45, 2.75) is 37.6 Å². The minimum absolute atomic E-state index is 0.188. The Hall–Kier alpha value is -0.310. The summed E-state index contributed by atoms with van der Waals surface area (Å²) in [5.74, 6) is 0.300. The minimum Gasteiger partial charge on any atom is -0.312 e. The molecule has 0 aromatic heterocycles. The third-order valence-electron chi connectivity index (χ3n) is 3.50. The lowest BCUT2D eigenvalue weighted by atomic mass is 9.89. The van der Waals surface area contributed by atoms with Gasteiger partial charge in [0, 0.05) is 17.5 Å². The normalized spacial score (nSPS) is 24.2. The number of alkyl halides is 1. The maximum atomic E-state index is 13.6. The predicted octanol–water partition coefficient (Wildman–Crippen LogP) is 4.37. The fourth-order valence-corrected chi connectivity index (χ4v) is 3.11. The fourth-order valence-electron chi connectivity index (χ4n) is 2.51. The lowest BCUT2D eigenvalue weighted by Crippen LogP contribution is -2.27. The van der Waals surface area contributed by atoms with Crippen LogP contribution in [0.25, 0.3) is 0 Å². The van der Waals surface area contributed by atoms with Crippen LogP contribution in [0, 0.1) is 11.7 Å². The van der Waals surface area contributed by atoms with Gasteiger partial charge < -0.3 is 5.32 Å². The molecule has 0 saturated heterocycles. The van der Waals surface area contributed by atoms with Crippen LogP contribution in [-0.2, 0) is 6.54 Å². The van der Waals surface area contributed by atoms with Gasteiger partial charge in [0.15, 0.2) is 0 Å². The highest BCUT2D eigenvalue weighted by Gasteiger charge is 2.19. The van der Waals surface area contributed by atoms with Crippen molar-refractivity contribution in [2.24, 2.45) is 5.92 Å². The third kappa shape index (κ3) is 3.84. The Kier molecular flexibility index (Phi) is 5.28. The average molecular weight is 290 g/mol. The molecule has 2 atom stereocenters. The molecule has 0 heterocycles. The summed E-state index contributed by atoms with van der Waals surface area (Å²) in [6.07, 6.45) is 4.61. The number of halogens is 3. The summed E-state index contributed by atoms with van der Waals surface area (Å²) in [7, 11) is 0. The largest absolute Gasteiger partial charge is 0.312 e. The molecule has 18 heavy (non-hydrogen) atoms. The van der Waals surface area contributed by atoms with E-state index in [-0.39, 0.29) is 10.8 Å². The van der Waals surface area contributed by atoms with Crippen LogP contribution in [0.5, 0.6) is 0 Å². The summed E-state index contributed by atoms with van der Waals surface area (Å²) in [4.78, 5) is 0. The Labute approximate surface area is 118 Å². The molecular weight excluding hydrogens is 272 g/mol. The summed E-state index contributed by atoms with van der Waals surface area (Å²) in [6, 6.07) is 5.11. The van der Waals surface area contributed by atoms with Crippen molar-refractivity contribution in [3.05, 3.63) is 34.6 Å². The Morgan fingerprint density at radius 1 is 1.33 bits per heavy atom. The molecule has 1 aliphatic rings. The quantitative estimate of drug-likeness (QED) is 0.812. The molecule has 2 unspecified atom stereocenters. The molecule has 2 rings (SSSR count). The molecule has 1 aromatic carbocycles. The molecule has 1 aliphatic carbocycles. The first-order valence-corrected chi connectivity index (χ1v) is 7.26. The van der Waals surface area contributed by atoms with Crippen LogP contribution in [0.1, 0.15) is 31.2 Å². The monoisotopic (exact) mass is 289 g/mol. The molecule has 100 valence electrons. The molecule has 1 fully saturated rings. The maximum Gasteiger partial charge on any atom is 0.146 e. The van der Waals surface area contributed by atoms with Crippen LogP contribution >= 0.6 is 23.2 Å². The van der Waals surface area contributed by atoms with Gasteiger partial charge in [0.25, 0.3) is 0 Å². The average Bonchev–Trinajstić information content (AvgIpc) is 2.35. The van der Waals surface area contributed by atoms with Crippen molar-refractivity contribution in [3.8, 4) is 0 Å². The van der Waals surface area contributed by atoms with Crippen molar-refractivity contribution in [2.75, 3.05) is 6.54 Å². The number of hydrogen-bond donors (Lipinski definition) is 1. The topological polar surface area (TPSA) is 12.0 Å². The molecule has 0 spiro atoms. The summed E-state index contributed by atoms with van der Waals surface area (Å²) in [5, 5.41) is 3.80. The second-order valence-electron chi connectivity index (χ2n) is 4.97. The van der Waals surface area contributed by atoms with E-state index in [0.717, 1.165) is 19.4 Å². The summed E-state index contributed by atoms with van der Waals surface area (Å²) >= 11 is 11.9. The van der Waals surface area contributed by atoms with Gasteiger partial charge in [-0.25, -0.2) is 4.39 Å². The number of benzene rings is 1. The van der Waals surface area contributed by atoms with E-state index in [0.29, 0.717) is 23.4 Å². The Morgan fingerprint density at radius 3 is 2.94 bits per heavy atom. The Bertz CT molecular complexity index is 397. The van der Waals surface area contributed by atoms with Crippen molar-refractivity contribution in [1.82, 2.24) is 5.32 Å². The van der Waals surface area contributed by atoms with Crippen LogP contribution in [0.3, 0.4) is 0 Å². The van der Waals surface area contributed by atoms with Gasteiger partial charge in [-0.15, -0.1) is 11.6 Å². The van der Waals surface area contributed by atoms with E-state index >= 15 is 0 Å². The van der Waals surface area contributed by atoms with Crippen LogP contribution in [0.15, 0.2) is 18.2 Å². The molecule has 1 aromatic rings. The first-order valence-electron chi connectivity index (χ1n) is 6.44. The van der Waals surface area contributed by atoms with E-state index in [9.17, 15) is 4.39 Å². The minimum atomic E-state index is -0.314. The van der Waals surface area contributed by atoms with Crippen LogP contribution < -0.4 is 5.32 Å². The van der Waals surface area contributed by atoms with E-state index in [4.69, 9.17) is 23.2 Å². The lowest BCUT2D eigenvalue weighted by molar-refractivity contribution is 0.345. The van der Waals surface area contributed by atoms with Gasteiger partial charge in [-0.05, 0) is 37.8 Å². The standard InChI is InChI=1S/C14H18Cl2FN/c15-12-5-1-3-10(7-12)8-18-9-11-4-2-6-13(16)14(11)17/h2,4,6,10,12,18H,1,3,5,7-9H2. The van der Waals surface area contributed by atoms with E-state index in [1.807, 2.05) is 0 Å². The zero-order valence-electron chi connectivity index (χ0n) is 10.3. The molecule has 1 N–H and O–H groups in total. The number of hydrogen-bond acceptors (Lipinski definition) is 1. The van der Waals surface area contributed by atoms with Gasteiger partial charge >= 0.3 is 0 Å². The van der Waals surface area contributed by atoms with Gasteiger partial charge in [-0.3, -0.25) is 0 Å². The third-order valence-corrected chi connectivity index (χ3v) is 4.19. The Morgan fingerprint density at radius 2 is 2.17 bits per heavy atom. The van der Waals surface area contributed by atoms with Gasteiger partial charge in [-0.2, -0.15) is 0 Å². The molecule has 1 nitrogen and oxygen atoms in total. The smallest absolute Gasteiger partial charge is 0.146 e. The second-order valence-corrected chi connectivity index (χ2v) is 6.00. The highest BCUT2D eigenvalue weighted by atomic mass is 35.5. The zero-order valence-corrected chi connectivity index (χ0v) is 11.8. The van der Waals surface area contributed by atoms with Crippen molar-refractivity contribution in [3.63, 3.8) is 0 Å². The molecule has 0 aliphatic heterocycles. The predicted molar refractivity (Wildman–Crippen MR) is 74.7 cm³/mol. The molecular formula is C14H18Cl2FN. The zero-order chi connectivity index (χ0) is 13.0. The SMILES string of the molecule is Fc1c(Cl)cccc1CNCC1CCCC(Cl)C1. The molecule has 0 radical (unpaired) electrons. The van der Waals surface area contributed by atoms with Crippen molar-refractivity contribution in [1.29, 1.82) is 0 Å². The number of rotatable bonds is 4. The molecule has 0 amide bonds. The first-order chi connectivity index (χ1) is 8.66. The second kappa shape index (κ2) is 6.74. The highest BCUT2D eigenvalue weighted by molar-refractivity contribution is 6.30. The molecule has 1 saturated carbocycles. The first kappa shape index (κ1) is 14.1. The lowest BCUT2D eigenvalue weighted by Gasteiger charge is -2.25. The van der Waals surface area contributed by atoms with Gasteiger partial charge in [0.05, 0.1) is 5.02 Å². The van der Waals surface area contributed by atoms with E-state index in [1.54, 1.807) is 18.2 Å². The van der Waals surface area contributed by atoms with E-state index < -0.39 is 0 Å². The fraction of sp³-hybridized carbons (Fsp3) is 0.571. The van der Waals surface area contributed by atoms with E-state index in [2.05, 4.69) is 5.32 Å². The van der Waals surface area contributed by atoms with Gasteiger partial charge in [-0.1, -0.05) is 30.2 Å². The van der Waals surface area contributed by atoms with Crippen LogP contribution in [0.4, 0.5) is 4.39 Å². The van der Waals surface area contributed by atoms with Crippen molar-refractivity contribution < 1.29 is 4.39 Å². The van der Waals surface area contributed by atoms with Crippen LogP contribution in [0.2, 0.25) is 5.02 Å². The Balaban J connectivity index is 1.79. The van der Waals surface area contributed by atoms with Crippen molar-refractivity contribution >= 4 is 23.2 Å². The van der Waals surface area contributed by atoms with Gasteiger partial charge in [0.1, 0.15) is 5.82 Å². The maximum absolute atomic E-state index is 13.6. The van der Waals surface area contributed by atoms with Crippen LogP contribution in [-0.4, -0.2) is 11.9 Å². The van der Waals surface area contributed by atoms with Gasteiger partial charge in [0.2, 0.25) is 0 Å². The summed E-state index contributed by atoms with van der Waals surface area (Å²) in [6.45, 7) is 1.42. The van der Waals surface area contributed by atoms with E-state index in [1.165, 1.54) is 12.8 Å². The highest BCUT2D eigenvalue weighted by Crippen LogP contribution is 2.27. The molecule has 0 bridgehead atoms.